The van der Waals surface area contributed by atoms with Gasteiger partial charge in [-0.15, -0.1) is 11.3 Å². The summed E-state index contributed by atoms with van der Waals surface area (Å²) in [5.74, 6) is -0.294. The molecular weight excluding hydrogens is 262 g/mol. The first-order valence-electron chi connectivity index (χ1n) is 6.21. The van der Waals surface area contributed by atoms with Crippen LogP contribution in [0.15, 0.2) is 23.1 Å². The number of amides is 1. The van der Waals surface area contributed by atoms with Crippen LogP contribution in [0.5, 0.6) is 0 Å². The summed E-state index contributed by atoms with van der Waals surface area (Å²) in [4.78, 5) is 31.3. The molecular formula is C13H13N3O2S. The molecule has 3 rings (SSSR count). The summed E-state index contributed by atoms with van der Waals surface area (Å²) in [6, 6.07) is 2.85. The summed E-state index contributed by atoms with van der Waals surface area (Å²) in [5, 5.41) is 3.38. The van der Waals surface area contributed by atoms with Gasteiger partial charge >= 0.3 is 0 Å². The first-order chi connectivity index (χ1) is 9.22. The first kappa shape index (κ1) is 12.1. The van der Waals surface area contributed by atoms with E-state index in [1.54, 1.807) is 6.07 Å². The van der Waals surface area contributed by atoms with Crippen LogP contribution in [0.25, 0.3) is 0 Å². The Labute approximate surface area is 113 Å². The number of nitrogens with zero attached hydrogens (tertiary/aromatic N) is 1. The lowest BCUT2D eigenvalue weighted by atomic mass is 10.0. The van der Waals surface area contributed by atoms with Crippen LogP contribution in [0, 0.1) is 0 Å². The Morgan fingerprint density at radius 1 is 1.37 bits per heavy atom. The number of hydrogen-bond donors (Lipinski definition) is 2. The van der Waals surface area contributed by atoms with Crippen LogP contribution in [0.4, 0.5) is 5.13 Å². The molecule has 0 spiro atoms. The number of nitrogens with one attached hydrogen (secondary N) is 2. The molecule has 0 bridgehead atoms. The van der Waals surface area contributed by atoms with Crippen molar-refractivity contribution in [2.24, 2.45) is 0 Å². The van der Waals surface area contributed by atoms with E-state index in [-0.39, 0.29) is 11.5 Å². The van der Waals surface area contributed by atoms with E-state index in [0.29, 0.717) is 10.7 Å². The van der Waals surface area contributed by atoms with Crippen LogP contribution in [0.2, 0.25) is 0 Å². The Morgan fingerprint density at radius 2 is 2.21 bits per heavy atom. The Bertz CT molecular complexity index is 651. The molecule has 0 radical (unpaired) electrons. The second kappa shape index (κ2) is 4.97. The minimum absolute atomic E-state index is 0.286. The van der Waals surface area contributed by atoms with E-state index >= 15 is 0 Å². The molecule has 2 heterocycles. The van der Waals surface area contributed by atoms with E-state index in [0.717, 1.165) is 25.0 Å². The lowest BCUT2D eigenvalue weighted by Crippen LogP contribution is -2.15. The highest BCUT2D eigenvalue weighted by Crippen LogP contribution is 2.29. The van der Waals surface area contributed by atoms with Gasteiger partial charge in [-0.2, -0.15) is 0 Å². The van der Waals surface area contributed by atoms with Gasteiger partial charge in [-0.1, -0.05) is 0 Å². The van der Waals surface area contributed by atoms with Gasteiger partial charge in [-0.05, 0) is 31.7 Å². The molecule has 0 aromatic carbocycles. The molecule has 0 unspecified atom stereocenters. The smallest absolute Gasteiger partial charge is 0.257 e. The van der Waals surface area contributed by atoms with E-state index < -0.39 is 0 Å². The maximum absolute atomic E-state index is 12.0. The summed E-state index contributed by atoms with van der Waals surface area (Å²) in [6.07, 6.45) is 5.86. The molecule has 0 saturated heterocycles. The van der Waals surface area contributed by atoms with Crippen LogP contribution in [-0.4, -0.2) is 15.9 Å². The van der Waals surface area contributed by atoms with Crippen molar-refractivity contribution in [3.05, 3.63) is 44.8 Å². The molecule has 0 atom stereocenters. The summed E-state index contributed by atoms with van der Waals surface area (Å²) >= 11 is 1.53. The fourth-order valence-electron chi connectivity index (χ4n) is 2.16. The van der Waals surface area contributed by atoms with Crippen LogP contribution in [0.3, 0.4) is 0 Å². The molecule has 2 aromatic rings. The number of fused-ring (bicyclic) bond motifs is 1. The number of carbonyl (C=O) groups excluding carboxylic acids is 1. The van der Waals surface area contributed by atoms with Gasteiger partial charge in [0.1, 0.15) is 0 Å². The van der Waals surface area contributed by atoms with Crippen molar-refractivity contribution in [1.82, 2.24) is 9.97 Å². The molecule has 19 heavy (non-hydrogen) atoms. The SMILES string of the molecule is O=C(Nc1nc2c(s1)CCCC2)c1cc[nH]c(=O)c1. The van der Waals surface area contributed by atoms with Gasteiger partial charge in [0.25, 0.3) is 5.91 Å². The predicted molar refractivity (Wildman–Crippen MR) is 73.8 cm³/mol. The number of pyridine rings is 1. The van der Waals surface area contributed by atoms with Crippen molar-refractivity contribution >= 4 is 22.4 Å². The monoisotopic (exact) mass is 275 g/mol. The Morgan fingerprint density at radius 3 is 3.00 bits per heavy atom. The zero-order valence-corrected chi connectivity index (χ0v) is 11.0. The summed E-state index contributed by atoms with van der Waals surface area (Å²) in [7, 11) is 0. The number of aryl methyl sites for hydroxylation is 2. The van der Waals surface area contributed by atoms with E-state index in [1.165, 1.54) is 34.9 Å². The normalized spacial score (nSPS) is 13.9. The Kier molecular flexibility index (Phi) is 3.16. The Balaban J connectivity index is 1.79. The number of carbonyl (C=O) groups is 1. The minimum atomic E-state index is -0.294. The maximum atomic E-state index is 12.0. The van der Waals surface area contributed by atoms with E-state index in [2.05, 4.69) is 15.3 Å². The van der Waals surface area contributed by atoms with Gasteiger partial charge in [-0.3, -0.25) is 14.9 Å². The van der Waals surface area contributed by atoms with Crippen molar-refractivity contribution in [2.45, 2.75) is 25.7 Å². The highest BCUT2D eigenvalue weighted by atomic mass is 32.1. The third-order valence-electron chi connectivity index (χ3n) is 3.10. The van der Waals surface area contributed by atoms with Crippen LogP contribution >= 0.6 is 11.3 Å². The highest BCUT2D eigenvalue weighted by molar-refractivity contribution is 7.15. The second-order valence-corrected chi connectivity index (χ2v) is 5.58. The molecule has 0 aliphatic heterocycles. The number of aromatic nitrogens is 2. The topological polar surface area (TPSA) is 74.8 Å². The zero-order chi connectivity index (χ0) is 13.2. The van der Waals surface area contributed by atoms with Gasteiger partial charge in [-0.25, -0.2) is 4.98 Å². The standard InChI is InChI=1S/C13H13N3O2S/c17-11-7-8(5-6-14-11)12(18)16-13-15-9-3-1-2-4-10(9)19-13/h5-7H,1-4H2,(H,14,17)(H,15,16,18). The third-order valence-corrected chi connectivity index (χ3v) is 4.18. The average molecular weight is 275 g/mol. The van der Waals surface area contributed by atoms with Crippen LogP contribution < -0.4 is 10.9 Å². The molecule has 2 aromatic heterocycles. The van der Waals surface area contributed by atoms with Crippen molar-refractivity contribution in [2.75, 3.05) is 5.32 Å². The average Bonchev–Trinajstić information content (AvgIpc) is 2.80. The second-order valence-electron chi connectivity index (χ2n) is 4.49. The highest BCUT2D eigenvalue weighted by Gasteiger charge is 2.16. The summed E-state index contributed by atoms with van der Waals surface area (Å²) in [6.45, 7) is 0. The molecule has 98 valence electrons. The molecule has 1 amide bonds. The lowest BCUT2D eigenvalue weighted by molar-refractivity contribution is 0.102. The fourth-order valence-corrected chi connectivity index (χ4v) is 3.21. The summed E-state index contributed by atoms with van der Waals surface area (Å²) in [5.41, 5.74) is 1.17. The molecule has 1 aliphatic carbocycles. The van der Waals surface area contributed by atoms with E-state index in [9.17, 15) is 9.59 Å². The number of H-pyrrole nitrogens is 1. The van der Waals surface area contributed by atoms with Crippen LogP contribution in [0.1, 0.15) is 33.8 Å². The van der Waals surface area contributed by atoms with Crippen molar-refractivity contribution in [3.8, 4) is 0 Å². The predicted octanol–water partition coefficient (Wildman–Crippen LogP) is 1.96. The van der Waals surface area contributed by atoms with Gasteiger partial charge in [0.2, 0.25) is 5.56 Å². The zero-order valence-electron chi connectivity index (χ0n) is 10.2. The van der Waals surface area contributed by atoms with Crippen molar-refractivity contribution in [3.63, 3.8) is 0 Å². The van der Waals surface area contributed by atoms with Gasteiger partial charge in [0.05, 0.1) is 5.69 Å². The van der Waals surface area contributed by atoms with Gasteiger partial charge in [0, 0.05) is 22.7 Å². The number of rotatable bonds is 2. The van der Waals surface area contributed by atoms with Gasteiger partial charge < -0.3 is 4.98 Å². The van der Waals surface area contributed by atoms with Gasteiger partial charge in [0.15, 0.2) is 5.13 Å². The molecule has 5 nitrogen and oxygen atoms in total. The molecule has 6 heteroatoms. The van der Waals surface area contributed by atoms with E-state index in [1.807, 2.05) is 0 Å². The fraction of sp³-hybridized carbons (Fsp3) is 0.308. The molecule has 2 N–H and O–H groups in total. The number of thiazole rings is 1. The summed E-state index contributed by atoms with van der Waals surface area (Å²) < 4.78 is 0. The number of aromatic amines is 1. The van der Waals surface area contributed by atoms with Crippen LogP contribution in [-0.2, 0) is 12.8 Å². The number of anilines is 1. The molecule has 1 aliphatic rings. The number of hydrogen-bond acceptors (Lipinski definition) is 4. The van der Waals surface area contributed by atoms with Crippen molar-refractivity contribution < 1.29 is 4.79 Å². The lowest BCUT2D eigenvalue weighted by Gasteiger charge is -2.06. The largest absolute Gasteiger partial charge is 0.329 e. The molecule has 0 fully saturated rings. The third kappa shape index (κ3) is 2.58. The minimum Gasteiger partial charge on any atom is -0.329 e. The maximum Gasteiger partial charge on any atom is 0.257 e. The van der Waals surface area contributed by atoms with Crippen molar-refractivity contribution in [1.29, 1.82) is 0 Å². The first-order valence-corrected chi connectivity index (χ1v) is 7.03. The quantitative estimate of drug-likeness (QED) is 0.879. The molecule has 0 saturated carbocycles. The van der Waals surface area contributed by atoms with E-state index in [4.69, 9.17) is 0 Å². The Hall–Kier alpha value is -1.95.